The zero-order chi connectivity index (χ0) is 22.1. The number of nitrogens with one attached hydrogen (secondary N) is 2. The van der Waals surface area contributed by atoms with Crippen LogP contribution in [0.25, 0.3) is 0 Å². The molecule has 2 aromatic rings. The number of carbonyl (C=O) groups is 1. The molecule has 2 N–H and O–H groups in total. The molecular weight excluding hydrogens is 400 g/mol. The van der Waals surface area contributed by atoms with Gasteiger partial charge in [0.1, 0.15) is 11.8 Å². The molecule has 0 saturated carbocycles. The van der Waals surface area contributed by atoms with Crippen LogP contribution in [0, 0.1) is 6.92 Å². The summed E-state index contributed by atoms with van der Waals surface area (Å²) in [5, 5.41) is 2.93. The Kier molecular flexibility index (Phi) is 8.87. The molecule has 2 rings (SSSR count). The van der Waals surface area contributed by atoms with Gasteiger partial charge in [0.15, 0.2) is 0 Å². The summed E-state index contributed by atoms with van der Waals surface area (Å²) in [5.74, 6) is 0.314. The first kappa shape index (κ1) is 23.9. The Morgan fingerprint density at radius 2 is 1.80 bits per heavy atom. The van der Waals surface area contributed by atoms with E-state index in [4.69, 9.17) is 4.74 Å². The van der Waals surface area contributed by atoms with Crippen molar-refractivity contribution < 1.29 is 17.9 Å². The second kappa shape index (κ2) is 11.1. The lowest BCUT2D eigenvalue weighted by Crippen LogP contribution is -2.50. The molecule has 2 atom stereocenters. The smallest absolute Gasteiger partial charge is 0.241 e. The first-order valence-corrected chi connectivity index (χ1v) is 11.8. The highest BCUT2D eigenvalue weighted by atomic mass is 32.2. The van der Waals surface area contributed by atoms with E-state index >= 15 is 0 Å². The third kappa shape index (κ3) is 6.85. The van der Waals surface area contributed by atoms with Crippen LogP contribution in [-0.2, 0) is 21.2 Å². The third-order valence-corrected chi connectivity index (χ3v) is 6.23. The number of ether oxygens (including phenoxy) is 1. The van der Waals surface area contributed by atoms with Crippen LogP contribution in [0.2, 0.25) is 0 Å². The van der Waals surface area contributed by atoms with Gasteiger partial charge in [-0.15, -0.1) is 0 Å². The predicted molar refractivity (Wildman–Crippen MR) is 119 cm³/mol. The topological polar surface area (TPSA) is 84.5 Å². The van der Waals surface area contributed by atoms with E-state index in [-0.39, 0.29) is 23.3 Å². The Hall–Kier alpha value is -2.38. The van der Waals surface area contributed by atoms with Crippen LogP contribution < -0.4 is 14.8 Å². The minimum absolute atomic E-state index is 0.0296. The minimum Gasteiger partial charge on any atom is -0.494 e. The van der Waals surface area contributed by atoms with Crippen molar-refractivity contribution in [2.24, 2.45) is 0 Å². The van der Waals surface area contributed by atoms with Gasteiger partial charge in [-0.2, -0.15) is 4.72 Å². The van der Waals surface area contributed by atoms with Crippen LogP contribution in [-0.4, -0.2) is 33.0 Å². The molecule has 0 fully saturated rings. The van der Waals surface area contributed by atoms with Crippen LogP contribution in [0.15, 0.2) is 53.4 Å². The highest BCUT2D eigenvalue weighted by Crippen LogP contribution is 2.22. The number of aryl methyl sites for hydroxylation is 1. The molecule has 0 aliphatic rings. The summed E-state index contributed by atoms with van der Waals surface area (Å²) < 4.78 is 34.2. The molecule has 0 heterocycles. The number of carbonyl (C=O) groups excluding carboxylic acids is 1. The van der Waals surface area contributed by atoms with E-state index in [2.05, 4.69) is 10.0 Å². The first-order chi connectivity index (χ1) is 14.3. The van der Waals surface area contributed by atoms with E-state index in [1.807, 2.05) is 51.1 Å². The minimum atomic E-state index is -3.89. The number of hydrogen-bond donors (Lipinski definition) is 2. The van der Waals surface area contributed by atoms with Crippen molar-refractivity contribution in [3.8, 4) is 5.75 Å². The SMILES string of the molecule is CCC[C@@H](C)NC(=O)[C@@H](Cc1ccccc1)NS(=O)(=O)c1ccc(OCC)c(C)c1. The highest BCUT2D eigenvalue weighted by Gasteiger charge is 2.27. The Bertz CT molecular complexity index is 929. The molecule has 0 aliphatic carbocycles. The zero-order valence-electron chi connectivity index (χ0n) is 18.1. The van der Waals surface area contributed by atoms with Crippen molar-refractivity contribution in [2.75, 3.05) is 6.61 Å². The van der Waals surface area contributed by atoms with Crippen molar-refractivity contribution in [1.82, 2.24) is 10.0 Å². The number of sulfonamides is 1. The van der Waals surface area contributed by atoms with E-state index < -0.39 is 16.1 Å². The highest BCUT2D eigenvalue weighted by molar-refractivity contribution is 7.89. The summed E-state index contributed by atoms with van der Waals surface area (Å²) in [6.45, 7) is 8.13. The Morgan fingerprint density at radius 1 is 1.10 bits per heavy atom. The van der Waals surface area contributed by atoms with Gasteiger partial charge in [0.05, 0.1) is 11.5 Å². The number of benzene rings is 2. The van der Waals surface area contributed by atoms with E-state index in [0.717, 1.165) is 24.0 Å². The molecule has 0 spiro atoms. The summed E-state index contributed by atoms with van der Waals surface area (Å²) in [4.78, 5) is 13.0. The second-order valence-electron chi connectivity index (χ2n) is 7.42. The van der Waals surface area contributed by atoms with Gasteiger partial charge in [0.2, 0.25) is 15.9 Å². The zero-order valence-corrected chi connectivity index (χ0v) is 19.0. The Labute approximate surface area is 180 Å². The van der Waals surface area contributed by atoms with Crippen LogP contribution in [0.3, 0.4) is 0 Å². The fourth-order valence-corrected chi connectivity index (χ4v) is 4.53. The maximum Gasteiger partial charge on any atom is 0.241 e. The van der Waals surface area contributed by atoms with Gasteiger partial charge in [-0.3, -0.25) is 4.79 Å². The van der Waals surface area contributed by atoms with E-state index in [1.54, 1.807) is 19.1 Å². The molecule has 0 bridgehead atoms. The predicted octanol–water partition coefficient (Wildman–Crippen LogP) is 3.59. The lowest BCUT2D eigenvalue weighted by atomic mass is 10.1. The normalized spacial score (nSPS) is 13.5. The maximum absolute atomic E-state index is 13.0. The fraction of sp³-hybridized carbons (Fsp3) is 0.435. The van der Waals surface area contributed by atoms with Crippen LogP contribution in [0.1, 0.15) is 44.7 Å². The largest absolute Gasteiger partial charge is 0.494 e. The lowest BCUT2D eigenvalue weighted by molar-refractivity contribution is -0.123. The quantitative estimate of drug-likeness (QED) is 0.568. The van der Waals surface area contributed by atoms with E-state index in [0.29, 0.717) is 12.4 Å². The summed E-state index contributed by atoms with van der Waals surface area (Å²) in [6, 6.07) is 13.1. The molecule has 0 unspecified atom stereocenters. The third-order valence-electron chi connectivity index (χ3n) is 4.76. The van der Waals surface area contributed by atoms with Gasteiger partial charge in [0.25, 0.3) is 0 Å². The van der Waals surface area contributed by atoms with Crippen LogP contribution in [0.4, 0.5) is 0 Å². The van der Waals surface area contributed by atoms with Crippen LogP contribution >= 0.6 is 0 Å². The van der Waals surface area contributed by atoms with Crippen molar-refractivity contribution >= 4 is 15.9 Å². The average molecular weight is 433 g/mol. The van der Waals surface area contributed by atoms with Gasteiger partial charge < -0.3 is 10.1 Å². The fourth-order valence-electron chi connectivity index (χ4n) is 3.25. The van der Waals surface area contributed by atoms with Crippen molar-refractivity contribution in [1.29, 1.82) is 0 Å². The summed E-state index contributed by atoms with van der Waals surface area (Å²) in [7, 11) is -3.89. The molecule has 2 aromatic carbocycles. The molecule has 0 aromatic heterocycles. The molecular formula is C23H32N2O4S. The molecule has 6 nitrogen and oxygen atoms in total. The number of hydrogen-bond acceptors (Lipinski definition) is 4. The van der Waals surface area contributed by atoms with E-state index in [9.17, 15) is 13.2 Å². The molecule has 7 heteroatoms. The molecule has 0 aliphatic heterocycles. The summed E-state index contributed by atoms with van der Waals surface area (Å²) in [5.41, 5.74) is 1.60. The summed E-state index contributed by atoms with van der Waals surface area (Å²) in [6.07, 6.45) is 2.03. The van der Waals surface area contributed by atoms with Crippen molar-refractivity contribution in [3.05, 3.63) is 59.7 Å². The first-order valence-electron chi connectivity index (χ1n) is 10.4. The van der Waals surface area contributed by atoms with E-state index in [1.165, 1.54) is 6.07 Å². The monoisotopic (exact) mass is 432 g/mol. The van der Waals surface area contributed by atoms with Gasteiger partial charge in [-0.25, -0.2) is 8.42 Å². The lowest BCUT2D eigenvalue weighted by Gasteiger charge is -2.21. The van der Waals surface area contributed by atoms with Crippen molar-refractivity contribution in [3.63, 3.8) is 0 Å². The molecule has 30 heavy (non-hydrogen) atoms. The molecule has 1 amide bonds. The Balaban J connectivity index is 2.26. The Morgan fingerprint density at radius 3 is 2.40 bits per heavy atom. The standard InChI is InChI=1S/C23H32N2O4S/c1-5-10-18(4)24-23(26)21(16-19-11-8-7-9-12-19)25-30(27,28)20-13-14-22(29-6-2)17(3)15-20/h7-9,11-15,18,21,25H,5-6,10,16H2,1-4H3,(H,24,26)/t18-,21-/m1/s1. The van der Waals surface area contributed by atoms with Gasteiger partial charge in [-0.05, 0) is 62.9 Å². The molecule has 164 valence electrons. The number of rotatable bonds is 11. The van der Waals surface area contributed by atoms with Crippen molar-refractivity contribution in [2.45, 2.75) is 63.9 Å². The number of amides is 1. The van der Waals surface area contributed by atoms with Gasteiger partial charge >= 0.3 is 0 Å². The second-order valence-corrected chi connectivity index (χ2v) is 9.14. The molecule has 0 radical (unpaired) electrons. The van der Waals surface area contributed by atoms with Crippen LogP contribution in [0.5, 0.6) is 5.75 Å². The molecule has 0 saturated heterocycles. The summed E-state index contributed by atoms with van der Waals surface area (Å²) >= 11 is 0. The van der Waals surface area contributed by atoms with Gasteiger partial charge in [0, 0.05) is 6.04 Å². The van der Waals surface area contributed by atoms with Gasteiger partial charge in [-0.1, -0.05) is 43.7 Å². The average Bonchev–Trinajstić information content (AvgIpc) is 2.70. The maximum atomic E-state index is 13.0.